The average Bonchev–Trinajstić information content (AvgIpc) is 2.55. The van der Waals surface area contributed by atoms with Crippen molar-refractivity contribution < 1.29 is 43.9 Å². The van der Waals surface area contributed by atoms with Gasteiger partial charge in [0.05, 0.1) is 0 Å². The molecule has 0 aliphatic heterocycles. The Bertz CT molecular complexity index is 725. The second kappa shape index (κ2) is 6.63. The second-order valence-corrected chi connectivity index (χ2v) is 13.0. The Kier molecular flexibility index (Phi) is 5.30. The molecule has 24 heavy (non-hydrogen) atoms. The van der Waals surface area contributed by atoms with Gasteiger partial charge in [0.2, 0.25) is 0 Å². The Morgan fingerprint density at radius 2 is 0.542 bits per heavy atom. The first-order valence-electron chi connectivity index (χ1n) is 5.69. The minimum absolute atomic E-state index is 1.62. The molecule has 0 nitrogen and oxygen atoms in total. The van der Waals surface area contributed by atoms with Gasteiger partial charge in [-0.2, -0.15) is 0 Å². The van der Waals surface area contributed by atoms with Crippen molar-refractivity contribution in [3.05, 3.63) is 58.2 Å². The van der Waals surface area contributed by atoms with Crippen LogP contribution in [0.25, 0.3) is 0 Å². The van der Waals surface area contributed by atoms with Gasteiger partial charge >= 0.3 is 138 Å². The maximum atomic E-state index is 13.7. The van der Waals surface area contributed by atoms with Crippen LogP contribution >= 0.6 is 13.6 Å². The third kappa shape index (κ3) is 2.73. The minimum atomic E-state index is -4.79. The first-order chi connectivity index (χ1) is 11.0. The third-order valence-corrected chi connectivity index (χ3v) is 12.0. The summed E-state index contributed by atoms with van der Waals surface area (Å²) >= 11 is -2.39. The number of halogens is 11. The van der Waals surface area contributed by atoms with Crippen molar-refractivity contribution in [2.45, 2.75) is 0 Å². The van der Waals surface area contributed by atoms with Crippen LogP contribution in [0, 0.1) is 58.2 Å². The Balaban J connectivity index is 2.84. The Hall–Kier alpha value is -1.14. The molecule has 2 aromatic carbocycles. The third-order valence-electron chi connectivity index (χ3n) is 2.99. The van der Waals surface area contributed by atoms with Crippen molar-refractivity contribution in [3.63, 3.8) is 0 Å². The average molecular weight is 484 g/mol. The Labute approximate surface area is 138 Å². The molecule has 0 heterocycles. The molecule has 2 rings (SSSR count). The van der Waals surface area contributed by atoms with Gasteiger partial charge in [0.25, 0.3) is 0 Å². The van der Waals surface area contributed by atoms with E-state index in [2.05, 4.69) is 13.6 Å². The van der Waals surface area contributed by atoms with Gasteiger partial charge in [0.1, 0.15) is 0 Å². The van der Waals surface area contributed by atoms with Gasteiger partial charge in [0, 0.05) is 0 Å². The Morgan fingerprint density at radius 1 is 0.375 bits per heavy atom. The van der Waals surface area contributed by atoms with Crippen LogP contribution in [0.2, 0.25) is 0 Å². The molecule has 0 spiro atoms. The first kappa shape index (κ1) is 19.2. The van der Waals surface area contributed by atoms with Crippen LogP contribution in [0.1, 0.15) is 0 Å². The van der Waals surface area contributed by atoms with E-state index in [-0.39, 0.29) is 0 Å². The normalized spacial score (nSPS) is 11.1. The maximum absolute atomic E-state index is 13.7. The molecule has 0 aliphatic rings. The van der Waals surface area contributed by atoms with Crippen LogP contribution in [0.4, 0.5) is 43.9 Å². The van der Waals surface area contributed by atoms with Crippen LogP contribution in [0.5, 0.6) is 0 Å². The van der Waals surface area contributed by atoms with E-state index in [1.54, 1.807) is 0 Å². The van der Waals surface area contributed by atoms with Crippen molar-refractivity contribution >= 4 is 36.0 Å². The number of hydrogen-bond donors (Lipinski definition) is 0. The number of hydrogen-bond acceptors (Lipinski definition) is 0. The van der Waals surface area contributed by atoms with Gasteiger partial charge in [-0.3, -0.25) is 0 Å². The van der Waals surface area contributed by atoms with Gasteiger partial charge in [-0.25, -0.2) is 0 Å². The number of benzene rings is 2. The second-order valence-electron chi connectivity index (χ2n) is 4.33. The van der Waals surface area contributed by atoms with Gasteiger partial charge in [-0.15, -0.1) is 0 Å². The van der Waals surface area contributed by atoms with E-state index in [1.165, 1.54) is 0 Å². The molecule has 0 bridgehead atoms. The van der Waals surface area contributed by atoms with Gasteiger partial charge in [0.15, 0.2) is 0 Å². The van der Waals surface area contributed by atoms with Crippen molar-refractivity contribution in [2.75, 3.05) is 0 Å². The van der Waals surface area contributed by atoms with E-state index >= 15 is 0 Å². The summed E-state index contributed by atoms with van der Waals surface area (Å²) in [6.45, 7) is 0. The molecular weight excluding hydrogens is 484 g/mol. The van der Waals surface area contributed by atoms with E-state index < -0.39 is 80.6 Å². The molecule has 0 N–H and O–H groups in total. The molecule has 0 saturated heterocycles. The summed E-state index contributed by atoms with van der Waals surface area (Å²) in [4.78, 5) is 0. The zero-order chi connectivity index (χ0) is 18.5. The fourth-order valence-corrected chi connectivity index (χ4v) is 9.55. The zero-order valence-electron chi connectivity index (χ0n) is 10.7. The van der Waals surface area contributed by atoms with Crippen molar-refractivity contribution in [2.24, 2.45) is 0 Å². The molecular formula is C12BrF10Ga. The quantitative estimate of drug-likeness (QED) is 0.265. The fraction of sp³-hybridized carbons (Fsp3) is 0. The van der Waals surface area contributed by atoms with E-state index in [0.29, 0.717) is 0 Å². The van der Waals surface area contributed by atoms with E-state index in [9.17, 15) is 43.9 Å². The number of rotatable bonds is 2. The van der Waals surface area contributed by atoms with E-state index in [4.69, 9.17) is 0 Å². The Morgan fingerprint density at radius 3 is 0.750 bits per heavy atom. The van der Waals surface area contributed by atoms with Crippen LogP contribution in [0.3, 0.4) is 0 Å². The summed E-state index contributed by atoms with van der Waals surface area (Å²) in [6, 6.07) is 0. The topological polar surface area (TPSA) is 0 Å². The molecule has 2 aromatic rings. The molecule has 0 radical (unpaired) electrons. The zero-order valence-corrected chi connectivity index (χ0v) is 14.7. The molecule has 0 aliphatic carbocycles. The molecule has 0 saturated carbocycles. The van der Waals surface area contributed by atoms with Crippen LogP contribution in [-0.4, -0.2) is 14.2 Å². The van der Waals surface area contributed by atoms with Crippen molar-refractivity contribution in [1.29, 1.82) is 0 Å². The molecule has 128 valence electrons. The van der Waals surface area contributed by atoms with Gasteiger partial charge < -0.3 is 0 Å². The fourth-order valence-electron chi connectivity index (χ4n) is 1.83. The molecule has 0 atom stereocenters. The van der Waals surface area contributed by atoms with Gasteiger partial charge in [-0.1, -0.05) is 0 Å². The van der Waals surface area contributed by atoms with Crippen LogP contribution < -0.4 is 8.24 Å². The molecule has 0 amide bonds. The predicted octanol–water partition coefficient (Wildman–Crippen LogP) is 3.58. The summed E-state index contributed by atoms with van der Waals surface area (Å²) in [5.41, 5.74) is 0. The van der Waals surface area contributed by atoms with Crippen LogP contribution in [-0.2, 0) is 0 Å². The van der Waals surface area contributed by atoms with Crippen LogP contribution in [0.15, 0.2) is 0 Å². The molecule has 0 aromatic heterocycles. The monoisotopic (exact) mass is 482 g/mol. The van der Waals surface area contributed by atoms with Crippen molar-refractivity contribution in [3.8, 4) is 0 Å². The van der Waals surface area contributed by atoms with E-state index in [1.807, 2.05) is 0 Å². The summed E-state index contributed by atoms with van der Waals surface area (Å²) in [5.74, 6) is -24.3. The molecule has 0 fully saturated rings. The standard InChI is InChI=1S/2C6F5.BrH.Ga/c2*7-2-1-3(8)5(10)6(11)4(2)9;;/h;;1H;/q;;;+1/p-1. The molecule has 12 heteroatoms. The predicted molar refractivity (Wildman–Crippen MR) is 66.4 cm³/mol. The molecule has 0 unspecified atom stereocenters. The van der Waals surface area contributed by atoms with Gasteiger partial charge in [-0.05, 0) is 0 Å². The summed E-state index contributed by atoms with van der Waals surface area (Å²) in [6.07, 6.45) is 0. The summed E-state index contributed by atoms with van der Waals surface area (Å²) in [5, 5.41) is 0. The summed E-state index contributed by atoms with van der Waals surface area (Å²) in [7, 11) is 0. The SMILES string of the molecule is Fc1c(F)c(F)[c]([Ga]([Br])[c]2c(F)c(F)c(F)c(F)c2F)c(F)c1F. The van der Waals surface area contributed by atoms with Crippen molar-refractivity contribution in [1.82, 2.24) is 0 Å². The summed E-state index contributed by atoms with van der Waals surface area (Å²) < 4.78 is 130. The van der Waals surface area contributed by atoms with E-state index in [0.717, 1.165) is 0 Å². The first-order valence-corrected chi connectivity index (χ1v) is 13.8.